The summed E-state index contributed by atoms with van der Waals surface area (Å²) < 4.78 is 24.3. The molecule has 0 atom stereocenters. The summed E-state index contributed by atoms with van der Waals surface area (Å²) in [4.78, 5) is 17.1. The number of sulfonamides is 1. The van der Waals surface area contributed by atoms with Gasteiger partial charge in [0.25, 0.3) is 10.0 Å². The minimum absolute atomic E-state index is 0.120. The summed E-state index contributed by atoms with van der Waals surface area (Å²) in [6, 6.07) is 5.23. The quantitative estimate of drug-likeness (QED) is 0.792. The second-order valence-electron chi connectivity index (χ2n) is 5.57. The number of carbonyl (C=O) groups excluding carboxylic acids is 1. The molecule has 0 aliphatic heterocycles. The van der Waals surface area contributed by atoms with Crippen molar-refractivity contribution in [3.05, 3.63) is 29.3 Å². The molecule has 0 spiro atoms. The van der Waals surface area contributed by atoms with Crippen LogP contribution >= 0.6 is 0 Å². The lowest BCUT2D eigenvalue weighted by molar-refractivity contribution is -0.123. The van der Waals surface area contributed by atoms with Crippen LogP contribution in [0, 0.1) is 6.92 Å². The zero-order valence-electron chi connectivity index (χ0n) is 12.1. The number of benzene rings is 1. The number of primary amides is 1. The minimum Gasteiger partial charge on any atom is -0.368 e. The van der Waals surface area contributed by atoms with E-state index in [1.807, 2.05) is 31.7 Å². The maximum Gasteiger partial charge on any atom is 0.262 e. The lowest BCUT2D eigenvalue weighted by Crippen LogP contribution is -2.30. The summed E-state index contributed by atoms with van der Waals surface area (Å²) >= 11 is 0. The normalized spacial score (nSPS) is 12.4. The van der Waals surface area contributed by atoms with Crippen molar-refractivity contribution in [2.24, 2.45) is 5.73 Å². The van der Waals surface area contributed by atoms with Crippen molar-refractivity contribution in [3.63, 3.8) is 0 Å². The van der Waals surface area contributed by atoms with E-state index in [2.05, 4.69) is 4.84 Å². The van der Waals surface area contributed by atoms with Crippen molar-refractivity contribution in [3.8, 4) is 0 Å². The maximum atomic E-state index is 12.1. The second-order valence-corrected chi connectivity index (χ2v) is 7.19. The summed E-state index contributed by atoms with van der Waals surface area (Å²) in [6.45, 7) is 7.15. The van der Waals surface area contributed by atoms with Crippen molar-refractivity contribution in [2.75, 3.05) is 6.61 Å². The Morgan fingerprint density at radius 3 is 2.45 bits per heavy atom. The van der Waals surface area contributed by atoms with Crippen LogP contribution in [-0.4, -0.2) is 20.9 Å². The van der Waals surface area contributed by atoms with E-state index >= 15 is 0 Å². The average Bonchev–Trinajstić information content (AvgIpc) is 2.26. The van der Waals surface area contributed by atoms with E-state index in [1.54, 1.807) is 19.1 Å². The maximum absolute atomic E-state index is 12.1. The first-order valence-electron chi connectivity index (χ1n) is 6.07. The van der Waals surface area contributed by atoms with E-state index < -0.39 is 22.5 Å². The van der Waals surface area contributed by atoms with Crippen molar-refractivity contribution >= 4 is 15.9 Å². The van der Waals surface area contributed by atoms with E-state index in [0.29, 0.717) is 5.56 Å². The third kappa shape index (κ3) is 4.29. The Bertz CT molecular complexity index is 603. The molecule has 0 fully saturated rings. The minimum atomic E-state index is -3.85. The monoisotopic (exact) mass is 300 g/mol. The van der Waals surface area contributed by atoms with Crippen molar-refractivity contribution in [1.29, 1.82) is 0 Å². The van der Waals surface area contributed by atoms with Crippen LogP contribution in [0.15, 0.2) is 23.1 Å². The van der Waals surface area contributed by atoms with Gasteiger partial charge in [0.15, 0.2) is 0 Å². The fourth-order valence-corrected chi connectivity index (χ4v) is 2.66. The van der Waals surface area contributed by atoms with Gasteiger partial charge in [0.1, 0.15) is 6.61 Å². The summed E-state index contributed by atoms with van der Waals surface area (Å²) in [5, 5.41) is 0. The molecule has 7 heteroatoms. The van der Waals surface area contributed by atoms with E-state index in [0.717, 1.165) is 5.56 Å². The Balaban J connectivity index is 3.08. The number of nitrogens with one attached hydrogen (secondary N) is 1. The van der Waals surface area contributed by atoms with Gasteiger partial charge in [0, 0.05) is 0 Å². The fourth-order valence-electron chi connectivity index (χ4n) is 1.58. The van der Waals surface area contributed by atoms with Gasteiger partial charge in [0.05, 0.1) is 4.90 Å². The van der Waals surface area contributed by atoms with Crippen LogP contribution < -0.4 is 10.6 Å². The highest BCUT2D eigenvalue weighted by Crippen LogP contribution is 2.26. The van der Waals surface area contributed by atoms with E-state index in [1.165, 1.54) is 0 Å². The van der Waals surface area contributed by atoms with Gasteiger partial charge in [-0.15, -0.1) is 0 Å². The van der Waals surface area contributed by atoms with Crippen LogP contribution in [0.3, 0.4) is 0 Å². The first kappa shape index (κ1) is 16.6. The predicted octanol–water partition coefficient (Wildman–Crippen LogP) is 0.988. The van der Waals surface area contributed by atoms with Gasteiger partial charge in [-0.3, -0.25) is 9.63 Å². The summed E-state index contributed by atoms with van der Waals surface area (Å²) in [7, 11) is -3.85. The second kappa shape index (κ2) is 5.90. The molecule has 1 rings (SSSR count). The molecule has 1 aromatic rings. The van der Waals surface area contributed by atoms with E-state index in [9.17, 15) is 13.2 Å². The number of nitrogens with two attached hydrogens (primary N) is 1. The molecule has 0 radical (unpaired) electrons. The van der Waals surface area contributed by atoms with Crippen LogP contribution in [0.25, 0.3) is 0 Å². The van der Waals surface area contributed by atoms with Gasteiger partial charge < -0.3 is 5.73 Å². The number of rotatable bonds is 5. The van der Waals surface area contributed by atoms with Gasteiger partial charge in [-0.2, -0.15) is 0 Å². The topological polar surface area (TPSA) is 98.5 Å². The Hall–Kier alpha value is -1.44. The molecule has 6 nitrogen and oxygen atoms in total. The molecule has 0 heterocycles. The molecular weight excluding hydrogens is 280 g/mol. The predicted molar refractivity (Wildman–Crippen MR) is 75.3 cm³/mol. The molecule has 0 aromatic heterocycles. The fraction of sp³-hybridized carbons (Fsp3) is 0.462. The number of hydrogen-bond donors (Lipinski definition) is 2. The van der Waals surface area contributed by atoms with Crippen LogP contribution in [0.2, 0.25) is 0 Å². The van der Waals surface area contributed by atoms with Gasteiger partial charge in [-0.25, -0.2) is 8.42 Å². The Labute approximate surface area is 119 Å². The highest BCUT2D eigenvalue weighted by atomic mass is 32.2. The van der Waals surface area contributed by atoms with Crippen LogP contribution in [-0.2, 0) is 25.1 Å². The highest BCUT2D eigenvalue weighted by Gasteiger charge is 2.21. The Morgan fingerprint density at radius 2 is 1.95 bits per heavy atom. The van der Waals surface area contributed by atoms with Gasteiger partial charge in [-0.1, -0.05) is 37.8 Å². The van der Waals surface area contributed by atoms with Gasteiger partial charge >= 0.3 is 0 Å². The Kier molecular flexibility index (Phi) is 4.90. The first-order chi connectivity index (χ1) is 9.04. The zero-order chi connectivity index (χ0) is 15.6. The molecule has 1 aromatic carbocycles. The zero-order valence-corrected chi connectivity index (χ0v) is 12.9. The number of carbonyl (C=O) groups is 1. The molecule has 20 heavy (non-hydrogen) atoms. The van der Waals surface area contributed by atoms with Gasteiger partial charge in [0.2, 0.25) is 5.91 Å². The third-order valence-electron chi connectivity index (χ3n) is 2.73. The summed E-state index contributed by atoms with van der Waals surface area (Å²) in [5.41, 5.74) is 6.18. The third-order valence-corrected chi connectivity index (χ3v) is 4.08. The van der Waals surface area contributed by atoms with E-state index in [4.69, 9.17) is 5.73 Å². The number of aryl methyl sites for hydroxylation is 1. The lowest BCUT2D eigenvalue weighted by atomic mass is 9.87. The van der Waals surface area contributed by atoms with Crippen molar-refractivity contribution in [1.82, 2.24) is 4.89 Å². The molecular formula is C13H20N2O4S. The Morgan fingerprint density at radius 1 is 1.35 bits per heavy atom. The van der Waals surface area contributed by atoms with Gasteiger partial charge in [-0.05, 0) is 29.5 Å². The largest absolute Gasteiger partial charge is 0.368 e. The number of amides is 1. The molecule has 0 aliphatic rings. The van der Waals surface area contributed by atoms with Crippen molar-refractivity contribution < 1.29 is 18.0 Å². The molecule has 1 amide bonds. The molecule has 112 valence electrons. The first-order valence-corrected chi connectivity index (χ1v) is 7.55. The van der Waals surface area contributed by atoms with Crippen molar-refractivity contribution in [2.45, 2.75) is 38.0 Å². The summed E-state index contributed by atoms with van der Waals surface area (Å²) in [6.07, 6.45) is 0. The van der Waals surface area contributed by atoms with Crippen LogP contribution in [0.1, 0.15) is 31.9 Å². The lowest BCUT2D eigenvalue weighted by Gasteiger charge is -2.20. The molecule has 0 saturated carbocycles. The molecule has 0 aliphatic carbocycles. The van der Waals surface area contributed by atoms with Crippen LogP contribution in [0.5, 0.6) is 0 Å². The van der Waals surface area contributed by atoms with Crippen LogP contribution in [0.4, 0.5) is 0 Å². The highest BCUT2D eigenvalue weighted by molar-refractivity contribution is 7.89. The smallest absolute Gasteiger partial charge is 0.262 e. The van der Waals surface area contributed by atoms with E-state index in [-0.39, 0.29) is 10.3 Å². The molecule has 0 bridgehead atoms. The SMILES string of the molecule is Cc1ccc(C(C)(C)C)cc1S(=O)(=O)NOCC(N)=O. The number of hydrogen-bond acceptors (Lipinski definition) is 4. The standard InChI is InChI=1S/C13H20N2O4S/c1-9-5-6-10(13(2,3)4)7-11(9)20(17,18)15-19-8-12(14)16/h5-7,15H,8H2,1-4H3,(H2,14,16). The molecule has 0 unspecified atom stereocenters. The average molecular weight is 300 g/mol. The molecule has 3 N–H and O–H groups in total. The molecule has 0 saturated heterocycles. The summed E-state index contributed by atoms with van der Waals surface area (Å²) in [5.74, 6) is -0.757.